The lowest BCUT2D eigenvalue weighted by Gasteiger charge is -2.29. The summed E-state index contributed by atoms with van der Waals surface area (Å²) in [6.07, 6.45) is 3.85. The van der Waals surface area contributed by atoms with Gasteiger partial charge in [0.25, 0.3) is 0 Å². The summed E-state index contributed by atoms with van der Waals surface area (Å²) in [4.78, 5) is 70.5. The van der Waals surface area contributed by atoms with Crippen LogP contribution in [0.2, 0.25) is 0 Å². The molecule has 1 saturated heterocycles. The molecular weight excluding hydrogens is 494 g/mol. The molecule has 38 heavy (non-hydrogen) atoms. The van der Waals surface area contributed by atoms with Gasteiger partial charge in [0.2, 0.25) is 23.6 Å². The normalized spacial score (nSPS) is 17.3. The summed E-state index contributed by atoms with van der Waals surface area (Å²) in [5.74, 6) is -3.55. The Morgan fingerprint density at radius 2 is 1.79 bits per heavy atom. The van der Waals surface area contributed by atoms with Gasteiger partial charge in [-0.15, -0.1) is 0 Å². The first-order chi connectivity index (χ1) is 18.2. The van der Waals surface area contributed by atoms with E-state index in [1.54, 1.807) is 24.3 Å². The zero-order chi connectivity index (χ0) is 27.7. The summed E-state index contributed by atoms with van der Waals surface area (Å²) in [6.45, 7) is 0.254. The van der Waals surface area contributed by atoms with Crippen LogP contribution in [0.4, 0.5) is 0 Å². The predicted octanol–water partition coefficient (Wildman–Crippen LogP) is -1.17. The van der Waals surface area contributed by atoms with Crippen LogP contribution in [0, 0.1) is 0 Å². The number of hydrogen-bond acceptors (Lipinski definition) is 7. The molecule has 0 bridgehead atoms. The molecular formula is C25H33N7O6. The van der Waals surface area contributed by atoms with E-state index in [1.807, 2.05) is 6.07 Å². The van der Waals surface area contributed by atoms with Gasteiger partial charge in [-0.1, -0.05) is 30.3 Å². The lowest BCUT2D eigenvalue weighted by Crippen LogP contribution is -2.58. The first-order valence-electron chi connectivity index (χ1n) is 12.3. The highest BCUT2D eigenvalue weighted by Gasteiger charge is 2.38. The Kier molecular flexibility index (Phi) is 9.93. The molecule has 1 aromatic carbocycles. The number of primary amides is 1. The Bertz CT molecular complexity index is 1120. The molecule has 0 spiro atoms. The first-order valence-corrected chi connectivity index (χ1v) is 12.3. The summed E-state index contributed by atoms with van der Waals surface area (Å²) in [5.41, 5.74) is 12.3. The summed E-state index contributed by atoms with van der Waals surface area (Å²) >= 11 is 0. The number of amides is 4. The number of carboxylic acids is 1. The van der Waals surface area contributed by atoms with Crippen LogP contribution in [0.25, 0.3) is 0 Å². The van der Waals surface area contributed by atoms with Gasteiger partial charge >= 0.3 is 5.97 Å². The number of carboxylic acid groups (broad SMARTS) is 1. The molecule has 2 aromatic rings. The highest BCUT2D eigenvalue weighted by atomic mass is 16.4. The third-order valence-corrected chi connectivity index (χ3v) is 6.37. The molecule has 4 atom stereocenters. The van der Waals surface area contributed by atoms with Gasteiger partial charge in [0.1, 0.15) is 18.1 Å². The minimum absolute atomic E-state index is 0.00726. The maximum atomic E-state index is 13.5. The Hall–Kier alpha value is -4.26. The maximum absolute atomic E-state index is 13.5. The van der Waals surface area contributed by atoms with Gasteiger partial charge in [0.15, 0.2) is 0 Å². The predicted molar refractivity (Wildman–Crippen MR) is 135 cm³/mol. The zero-order valence-corrected chi connectivity index (χ0v) is 20.8. The molecule has 204 valence electrons. The average molecular weight is 528 g/mol. The van der Waals surface area contributed by atoms with Crippen molar-refractivity contribution in [1.82, 2.24) is 25.5 Å². The molecule has 1 aromatic heterocycles. The fourth-order valence-corrected chi connectivity index (χ4v) is 4.34. The summed E-state index contributed by atoms with van der Waals surface area (Å²) in [6, 6.07) is 4.69. The SMILES string of the molecule is NC(=O)CCC(N)C(=O)NC(Cc1ccccc1)C(=O)NC(Cc1cnc[nH]1)C(=O)N1CCCC1C(=O)O. The van der Waals surface area contributed by atoms with Gasteiger partial charge in [-0.2, -0.15) is 0 Å². The minimum atomic E-state index is -1.11. The highest BCUT2D eigenvalue weighted by molar-refractivity contribution is 5.94. The number of hydrogen-bond donors (Lipinski definition) is 6. The summed E-state index contributed by atoms with van der Waals surface area (Å²) in [7, 11) is 0. The number of carbonyl (C=O) groups is 5. The monoisotopic (exact) mass is 527 g/mol. The standard InChI is InChI=1S/C25H33N7O6/c26-17(8-9-21(27)33)22(34)30-18(11-15-5-2-1-3-6-15)23(35)31-19(12-16-13-28-14-29-16)24(36)32-10-4-7-20(32)25(37)38/h1-3,5-6,13-14,17-20H,4,7-12,26H2,(H2,27,33)(H,28,29)(H,30,34)(H,31,35)(H,37,38). The molecule has 0 aliphatic carbocycles. The molecule has 8 N–H and O–H groups in total. The number of aromatic amines is 1. The lowest BCUT2D eigenvalue weighted by atomic mass is 10.0. The van der Waals surface area contributed by atoms with E-state index in [0.29, 0.717) is 18.5 Å². The summed E-state index contributed by atoms with van der Waals surface area (Å²) < 4.78 is 0. The van der Waals surface area contributed by atoms with E-state index in [4.69, 9.17) is 11.5 Å². The van der Waals surface area contributed by atoms with Crippen molar-refractivity contribution >= 4 is 29.6 Å². The fraction of sp³-hybridized carbons (Fsp3) is 0.440. The molecule has 0 radical (unpaired) electrons. The number of carbonyl (C=O) groups excluding carboxylic acids is 4. The number of aromatic nitrogens is 2. The Labute approximate surface area is 219 Å². The van der Waals surface area contributed by atoms with Crippen molar-refractivity contribution in [2.24, 2.45) is 11.5 Å². The number of nitrogens with two attached hydrogens (primary N) is 2. The molecule has 1 fully saturated rings. The van der Waals surface area contributed by atoms with Crippen molar-refractivity contribution in [3.05, 3.63) is 54.1 Å². The van der Waals surface area contributed by atoms with E-state index in [0.717, 1.165) is 5.56 Å². The Balaban J connectivity index is 1.81. The van der Waals surface area contributed by atoms with Crippen molar-refractivity contribution < 1.29 is 29.1 Å². The van der Waals surface area contributed by atoms with E-state index >= 15 is 0 Å². The maximum Gasteiger partial charge on any atom is 0.326 e. The number of benzene rings is 1. The number of likely N-dealkylation sites (tertiary alicyclic amines) is 1. The molecule has 3 rings (SSSR count). The van der Waals surface area contributed by atoms with E-state index in [1.165, 1.54) is 17.4 Å². The number of H-pyrrole nitrogens is 1. The third kappa shape index (κ3) is 7.87. The molecule has 1 aliphatic heterocycles. The number of imidazole rings is 1. The van der Waals surface area contributed by atoms with Gasteiger partial charge in [-0.25, -0.2) is 9.78 Å². The number of nitrogens with zero attached hydrogens (tertiary/aromatic N) is 2. The van der Waals surface area contributed by atoms with Gasteiger partial charge in [0, 0.05) is 37.7 Å². The fourth-order valence-electron chi connectivity index (χ4n) is 4.34. The first kappa shape index (κ1) is 28.3. The number of rotatable bonds is 13. The van der Waals surface area contributed by atoms with Crippen LogP contribution in [0.15, 0.2) is 42.9 Å². The van der Waals surface area contributed by atoms with Crippen molar-refractivity contribution in [3.8, 4) is 0 Å². The Morgan fingerprint density at radius 1 is 1.08 bits per heavy atom. The smallest absolute Gasteiger partial charge is 0.326 e. The number of aliphatic carboxylic acids is 1. The van der Waals surface area contributed by atoms with Crippen molar-refractivity contribution in [2.45, 2.75) is 62.7 Å². The van der Waals surface area contributed by atoms with Gasteiger partial charge in [-0.3, -0.25) is 19.2 Å². The van der Waals surface area contributed by atoms with Crippen LogP contribution in [0.5, 0.6) is 0 Å². The van der Waals surface area contributed by atoms with Crippen LogP contribution in [0.1, 0.15) is 36.9 Å². The van der Waals surface area contributed by atoms with Gasteiger partial charge < -0.3 is 37.1 Å². The van der Waals surface area contributed by atoms with Crippen molar-refractivity contribution in [2.75, 3.05) is 6.54 Å². The second-order valence-corrected chi connectivity index (χ2v) is 9.23. The second-order valence-electron chi connectivity index (χ2n) is 9.23. The van der Waals surface area contributed by atoms with Crippen LogP contribution >= 0.6 is 0 Å². The molecule has 0 saturated carbocycles. The molecule has 13 nitrogen and oxygen atoms in total. The van der Waals surface area contributed by atoms with Gasteiger partial charge in [-0.05, 0) is 24.8 Å². The topological polar surface area (TPSA) is 214 Å². The van der Waals surface area contributed by atoms with Crippen LogP contribution in [0.3, 0.4) is 0 Å². The number of nitrogens with one attached hydrogen (secondary N) is 3. The van der Waals surface area contributed by atoms with Crippen LogP contribution in [-0.4, -0.2) is 80.3 Å². The van der Waals surface area contributed by atoms with E-state index in [-0.39, 0.29) is 32.2 Å². The molecule has 4 amide bonds. The van der Waals surface area contributed by atoms with E-state index in [2.05, 4.69) is 20.6 Å². The van der Waals surface area contributed by atoms with Crippen molar-refractivity contribution in [3.63, 3.8) is 0 Å². The van der Waals surface area contributed by atoms with Crippen LogP contribution < -0.4 is 22.1 Å². The summed E-state index contributed by atoms with van der Waals surface area (Å²) in [5, 5.41) is 14.9. The quantitative estimate of drug-likeness (QED) is 0.186. The van der Waals surface area contributed by atoms with E-state index < -0.39 is 53.8 Å². The molecule has 1 aliphatic rings. The van der Waals surface area contributed by atoms with Crippen LogP contribution in [-0.2, 0) is 36.8 Å². The zero-order valence-electron chi connectivity index (χ0n) is 20.8. The van der Waals surface area contributed by atoms with Gasteiger partial charge in [0.05, 0.1) is 12.4 Å². The molecule has 13 heteroatoms. The third-order valence-electron chi connectivity index (χ3n) is 6.37. The average Bonchev–Trinajstić information content (AvgIpc) is 3.59. The van der Waals surface area contributed by atoms with E-state index in [9.17, 15) is 29.1 Å². The largest absolute Gasteiger partial charge is 0.480 e. The lowest BCUT2D eigenvalue weighted by molar-refractivity contribution is -0.149. The minimum Gasteiger partial charge on any atom is -0.480 e. The second kappa shape index (κ2) is 13.3. The Morgan fingerprint density at radius 3 is 2.42 bits per heavy atom. The highest BCUT2D eigenvalue weighted by Crippen LogP contribution is 2.19. The molecule has 2 heterocycles. The van der Waals surface area contributed by atoms with Crippen molar-refractivity contribution in [1.29, 1.82) is 0 Å². The molecule has 4 unspecified atom stereocenters.